The number of benzene rings is 1. The predicted octanol–water partition coefficient (Wildman–Crippen LogP) is 1.27. The van der Waals surface area contributed by atoms with Gasteiger partial charge in [-0.2, -0.15) is 5.26 Å². The summed E-state index contributed by atoms with van der Waals surface area (Å²) in [5.41, 5.74) is 12.7. The third-order valence-electron chi connectivity index (χ3n) is 3.04. The maximum atomic E-state index is 13.8. The Bertz CT molecular complexity index is 586. The molecule has 0 spiro atoms. The largest absolute Gasteiger partial charge is 0.402 e. The lowest BCUT2D eigenvalue weighted by Gasteiger charge is -2.14. The van der Waals surface area contributed by atoms with Crippen LogP contribution in [0.15, 0.2) is 29.5 Å². The molecule has 1 aliphatic rings. The molecule has 2 rings (SSSR count). The van der Waals surface area contributed by atoms with Crippen LogP contribution in [0.2, 0.25) is 0 Å². The van der Waals surface area contributed by atoms with Crippen LogP contribution in [-0.4, -0.2) is 5.78 Å². The van der Waals surface area contributed by atoms with Crippen molar-refractivity contribution < 1.29 is 9.18 Å². The van der Waals surface area contributed by atoms with Crippen LogP contribution in [0.3, 0.4) is 0 Å². The molecule has 0 saturated heterocycles. The average Bonchev–Trinajstić information content (AvgIpc) is 2.68. The van der Waals surface area contributed by atoms with E-state index in [1.54, 1.807) is 0 Å². The van der Waals surface area contributed by atoms with Gasteiger partial charge in [0.25, 0.3) is 0 Å². The number of allylic oxidation sites excluding steroid dienone is 1. The highest BCUT2D eigenvalue weighted by Crippen LogP contribution is 2.30. The van der Waals surface area contributed by atoms with Gasteiger partial charge in [-0.15, -0.1) is 0 Å². The molecule has 0 unspecified atom stereocenters. The zero-order chi connectivity index (χ0) is 13.3. The lowest BCUT2D eigenvalue weighted by atomic mass is 9.96. The molecule has 0 aromatic heterocycles. The average molecular weight is 245 g/mol. The second-order valence-corrected chi connectivity index (χ2v) is 4.19. The van der Waals surface area contributed by atoms with E-state index in [1.807, 2.05) is 6.07 Å². The summed E-state index contributed by atoms with van der Waals surface area (Å²) in [4.78, 5) is 11.6. The molecule has 0 fully saturated rings. The summed E-state index contributed by atoms with van der Waals surface area (Å²) in [5, 5.41) is 8.66. The minimum atomic E-state index is -0.868. The Morgan fingerprint density at radius 1 is 1.39 bits per heavy atom. The van der Waals surface area contributed by atoms with Gasteiger partial charge in [0.05, 0.1) is 17.7 Å². The Kier molecular flexibility index (Phi) is 3.13. The molecule has 0 amide bonds. The third kappa shape index (κ3) is 1.98. The zero-order valence-corrected chi connectivity index (χ0v) is 9.61. The molecule has 0 radical (unpaired) electrons. The molecule has 1 aromatic carbocycles. The number of nitrogens with zero attached hydrogens (tertiary/aromatic N) is 1. The molecule has 0 saturated carbocycles. The predicted molar refractivity (Wildman–Crippen MR) is 63.5 cm³/mol. The van der Waals surface area contributed by atoms with E-state index in [-0.39, 0.29) is 16.9 Å². The van der Waals surface area contributed by atoms with Gasteiger partial charge in [0.1, 0.15) is 5.82 Å². The Morgan fingerprint density at radius 2 is 2.11 bits per heavy atom. The standard InChI is InChI=1S/C13H12FN3O/c14-9-5-7(6-15)1-2-8(9)13(17)12-10(16)3-4-11(12)18/h1-2,5,13H,3-4,16-17H2/t13-/m0/s1. The molecule has 5 heteroatoms. The van der Waals surface area contributed by atoms with Gasteiger partial charge >= 0.3 is 0 Å². The summed E-state index contributed by atoms with van der Waals surface area (Å²) in [6.07, 6.45) is 0.798. The summed E-state index contributed by atoms with van der Waals surface area (Å²) in [6.45, 7) is 0. The van der Waals surface area contributed by atoms with Gasteiger partial charge in [0.15, 0.2) is 5.78 Å². The van der Waals surface area contributed by atoms with E-state index in [4.69, 9.17) is 16.7 Å². The molecular formula is C13H12FN3O. The number of halogens is 1. The summed E-state index contributed by atoms with van der Waals surface area (Å²) < 4.78 is 13.8. The first-order chi connectivity index (χ1) is 8.54. The molecule has 4 nitrogen and oxygen atoms in total. The maximum Gasteiger partial charge on any atom is 0.162 e. The van der Waals surface area contributed by atoms with Crippen LogP contribution in [0.25, 0.3) is 0 Å². The quantitative estimate of drug-likeness (QED) is 0.820. The van der Waals surface area contributed by atoms with Crippen LogP contribution in [0.4, 0.5) is 4.39 Å². The number of nitriles is 1. The summed E-state index contributed by atoms with van der Waals surface area (Å²) >= 11 is 0. The molecule has 1 aliphatic carbocycles. The smallest absolute Gasteiger partial charge is 0.162 e. The van der Waals surface area contributed by atoms with E-state index < -0.39 is 11.9 Å². The van der Waals surface area contributed by atoms with Gasteiger partial charge in [-0.05, 0) is 18.6 Å². The van der Waals surface area contributed by atoms with E-state index in [0.29, 0.717) is 24.1 Å². The van der Waals surface area contributed by atoms with Crippen molar-refractivity contribution in [3.63, 3.8) is 0 Å². The second kappa shape index (κ2) is 4.59. The fourth-order valence-corrected chi connectivity index (χ4v) is 2.07. The summed E-state index contributed by atoms with van der Waals surface area (Å²) in [6, 6.07) is 4.96. The van der Waals surface area contributed by atoms with Crippen LogP contribution in [0.5, 0.6) is 0 Å². The fourth-order valence-electron chi connectivity index (χ4n) is 2.07. The molecule has 0 aliphatic heterocycles. The van der Waals surface area contributed by atoms with Gasteiger partial charge in [0, 0.05) is 23.3 Å². The van der Waals surface area contributed by atoms with Crippen molar-refractivity contribution >= 4 is 5.78 Å². The highest BCUT2D eigenvalue weighted by atomic mass is 19.1. The van der Waals surface area contributed by atoms with Crippen molar-refractivity contribution in [2.24, 2.45) is 11.5 Å². The van der Waals surface area contributed by atoms with Gasteiger partial charge in [-0.25, -0.2) is 4.39 Å². The van der Waals surface area contributed by atoms with Crippen molar-refractivity contribution in [3.8, 4) is 6.07 Å². The number of carbonyl (C=O) groups is 1. The first-order valence-electron chi connectivity index (χ1n) is 5.51. The second-order valence-electron chi connectivity index (χ2n) is 4.19. The van der Waals surface area contributed by atoms with E-state index in [1.165, 1.54) is 12.1 Å². The van der Waals surface area contributed by atoms with E-state index in [9.17, 15) is 9.18 Å². The number of hydrogen-bond donors (Lipinski definition) is 2. The monoisotopic (exact) mass is 245 g/mol. The Hall–Kier alpha value is -2.19. The molecule has 0 bridgehead atoms. The Morgan fingerprint density at radius 3 is 2.61 bits per heavy atom. The fraction of sp³-hybridized carbons (Fsp3) is 0.231. The third-order valence-corrected chi connectivity index (χ3v) is 3.04. The number of carbonyl (C=O) groups excluding carboxylic acids is 1. The number of Topliss-reactive ketones (excluding diaryl/α,β-unsaturated/α-hetero) is 1. The van der Waals surface area contributed by atoms with Gasteiger partial charge < -0.3 is 11.5 Å². The van der Waals surface area contributed by atoms with E-state index >= 15 is 0 Å². The Balaban J connectivity index is 2.41. The first kappa shape index (κ1) is 12.3. The molecule has 4 N–H and O–H groups in total. The zero-order valence-electron chi connectivity index (χ0n) is 9.61. The van der Waals surface area contributed by atoms with Crippen molar-refractivity contribution in [1.82, 2.24) is 0 Å². The van der Waals surface area contributed by atoms with E-state index in [0.717, 1.165) is 6.07 Å². The topological polar surface area (TPSA) is 92.9 Å². The number of nitrogens with two attached hydrogens (primary N) is 2. The molecule has 1 atom stereocenters. The minimum Gasteiger partial charge on any atom is -0.402 e. The molecule has 1 aromatic rings. The van der Waals surface area contributed by atoms with Crippen LogP contribution >= 0.6 is 0 Å². The lowest BCUT2D eigenvalue weighted by molar-refractivity contribution is -0.115. The van der Waals surface area contributed by atoms with Crippen molar-refractivity contribution in [1.29, 1.82) is 5.26 Å². The van der Waals surface area contributed by atoms with Crippen LogP contribution < -0.4 is 11.5 Å². The number of hydrogen-bond acceptors (Lipinski definition) is 4. The minimum absolute atomic E-state index is 0.135. The number of rotatable bonds is 2. The van der Waals surface area contributed by atoms with Crippen molar-refractivity contribution in [2.45, 2.75) is 18.9 Å². The van der Waals surface area contributed by atoms with E-state index in [2.05, 4.69) is 0 Å². The van der Waals surface area contributed by atoms with Crippen LogP contribution in [0.1, 0.15) is 30.0 Å². The SMILES string of the molecule is N#Cc1ccc([C@H](N)C2=C(N)CCC2=O)c(F)c1. The van der Waals surface area contributed by atoms with Crippen molar-refractivity contribution in [3.05, 3.63) is 46.4 Å². The van der Waals surface area contributed by atoms with Crippen LogP contribution in [-0.2, 0) is 4.79 Å². The summed E-state index contributed by atoms with van der Waals surface area (Å²) in [7, 11) is 0. The highest BCUT2D eigenvalue weighted by molar-refractivity contribution is 5.99. The van der Waals surface area contributed by atoms with Crippen molar-refractivity contribution in [2.75, 3.05) is 0 Å². The summed E-state index contributed by atoms with van der Waals surface area (Å²) in [5.74, 6) is -0.731. The molecule has 92 valence electrons. The molecule has 18 heavy (non-hydrogen) atoms. The first-order valence-corrected chi connectivity index (χ1v) is 5.51. The molecular weight excluding hydrogens is 233 g/mol. The lowest BCUT2D eigenvalue weighted by Crippen LogP contribution is -2.20. The van der Waals surface area contributed by atoms with Crippen LogP contribution in [0, 0.1) is 17.1 Å². The maximum absolute atomic E-state index is 13.8. The highest BCUT2D eigenvalue weighted by Gasteiger charge is 2.28. The van der Waals surface area contributed by atoms with Gasteiger partial charge in [0.2, 0.25) is 0 Å². The van der Waals surface area contributed by atoms with Gasteiger partial charge in [-0.1, -0.05) is 6.07 Å². The number of ketones is 1. The molecule has 0 heterocycles. The normalized spacial score (nSPS) is 16.8. The Labute approximate surface area is 104 Å². The van der Waals surface area contributed by atoms with Gasteiger partial charge in [-0.3, -0.25) is 4.79 Å².